The molecule has 1 aliphatic heterocycles. The summed E-state index contributed by atoms with van der Waals surface area (Å²) in [4.78, 5) is 19.8. The van der Waals surface area contributed by atoms with Crippen molar-refractivity contribution < 1.29 is 13.9 Å². The van der Waals surface area contributed by atoms with E-state index < -0.39 is 0 Å². The molecule has 7 nitrogen and oxygen atoms in total. The van der Waals surface area contributed by atoms with Gasteiger partial charge in [0.05, 0.1) is 23.8 Å². The molecule has 2 aromatic heterocycles. The molecule has 0 unspecified atom stereocenters. The lowest BCUT2D eigenvalue weighted by Crippen LogP contribution is -2.32. The number of aryl methyl sites for hydroxylation is 2. The van der Waals surface area contributed by atoms with Gasteiger partial charge in [-0.2, -0.15) is 5.10 Å². The van der Waals surface area contributed by atoms with E-state index in [4.69, 9.17) is 19.2 Å². The van der Waals surface area contributed by atoms with Crippen LogP contribution in [0.5, 0.6) is 0 Å². The molecule has 0 radical (unpaired) electrons. The quantitative estimate of drug-likeness (QED) is 0.804. The number of aromatic nitrogens is 3. The molecule has 0 N–H and O–H groups in total. The number of carbonyl (C=O) groups is 1. The number of fused-ring (bicyclic) bond motifs is 1. The molecule has 2 aromatic rings. The van der Waals surface area contributed by atoms with Gasteiger partial charge in [0.1, 0.15) is 11.5 Å². The van der Waals surface area contributed by atoms with E-state index in [0.29, 0.717) is 25.5 Å². The summed E-state index contributed by atoms with van der Waals surface area (Å²) >= 11 is 0. The standard InChI is InChI=1S/C20H28N4O3/c1-13-18(19-15(25)5-4-6-16(19)27-13)20-21-17(9-12-26-3)22-24(20)14-7-10-23(2)11-8-14/h14H,4-12H2,1-3H3. The zero-order valence-electron chi connectivity index (χ0n) is 16.5. The molecule has 0 amide bonds. The topological polar surface area (TPSA) is 73.4 Å². The average Bonchev–Trinajstić information content (AvgIpc) is 3.21. The number of furan rings is 1. The lowest BCUT2D eigenvalue weighted by Gasteiger charge is -2.29. The second-order valence-electron chi connectivity index (χ2n) is 7.68. The largest absolute Gasteiger partial charge is 0.465 e. The molecule has 3 heterocycles. The summed E-state index contributed by atoms with van der Waals surface area (Å²) < 4.78 is 13.2. The zero-order chi connectivity index (χ0) is 19.0. The Labute approximate surface area is 159 Å². The molecule has 0 bridgehead atoms. The molecule has 0 spiro atoms. The van der Waals surface area contributed by atoms with Gasteiger partial charge in [-0.05, 0) is 46.3 Å². The van der Waals surface area contributed by atoms with Gasteiger partial charge in [0.25, 0.3) is 0 Å². The van der Waals surface area contributed by atoms with E-state index in [0.717, 1.165) is 73.1 Å². The van der Waals surface area contributed by atoms with Crippen molar-refractivity contribution in [2.75, 3.05) is 33.9 Å². The smallest absolute Gasteiger partial charge is 0.167 e. The van der Waals surface area contributed by atoms with Crippen LogP contribution in [0, 0.1) is 6.92 Å². The van der Waals surface area contributed by atoms with Crippen LogP contribution < -0.4 is 0 Å². The first-order valence-electron chi connectivity index (χ1n) is 9.87. The van der Waals surface area contributed by atoms with Crippen LogP contribution in [0.1, 0.15) is 59.4 Å². The summed E-state index contributed by atoms with van der Waals surface area (Å²) in [5.41, 5.74) is 1.59. The van der Waals surface area contributed by atoms with Crippen LogP contribution in [-0.2, 0) is 17.6 Å². The van der Waals surface area contributed by atoms with E-state index >= 15 is 0 Å². The highest BCUT2D eigenvalue weighted by Crippen LogP contribution is 2.37. The van der Waals surface area contributed by atoms with Crippen LogP contribution in [0.15, 0.2) is 4.42 Å². The first kappa shape index (κ1) is 18.4. The summed E-state index contributed by atoms with van der Waals surface area (Å²) in [6, 6.07) is 0.295. The highest BCUT2D eigenvalue weighted by molar-refractivity contribution is 6.04. The molecule has 0 saturated carbocycles. The van der Waals surface area contributed by atoms with Gasteiger partial charge in [-0.15, -0.1) is 0 Å². The fourth-order valence-electron chi connectivity index (χ4n) is 4.21. The number of methoxy groups -OCH3 is 1. The number of ketones is 1. The minimum absolute atomic E-state index is 0.166. The van der Waals surface area contributed by atoms with Crippen molar-refractivity contribution in [1.82, 2.24) is 19.7 Å². The van der Waals surface area contributed by atoms with E-state index in [2.05, 4.69) is 16.6 Å². The molecule has 0 atom stereocenters. The van der Waals surface area contributed by atoms with Gasteiger partial charge in [-0.25, -0.2) is 9.67 Å². The summed E-state index contributed by atoms with van der Waals surface area (Å²) in [5, 5.41) is 4.82. The van der Waals surface area contributed by atoms with E-state index in [9.17, 15) is 4.79 Å². The number of piperidine rings is 1. The predicted octanol–water partition coefficient (Wildman–Crippen LogP) is 2.82. The number of hydrogen-bond acceptors (Lipinski definition) is 6. The maximum absolute atomic E-state index is 12.7. The molecule has 0 aromatic carbocycles. The molecular weight excluding hydrogens is 344 g/mol. The molecule has 1 fully saturated rings. The number of Topliss-reactive ketones (excluding diaryl/α,β-unsaturated/α-hetero) is 1. The zero-order valence-corrected chi connectivity index (χ0v) is 16.5. The third kappa shape index (κ3) is 3.46. The van der Waals surface area contributed by atoms with Crippen molar-refractivity contribution in [2.24, 2.45) is 0 Å². The predicted molar refractivity (Wildman–Crippen MR) is 101 cm³/mol. The summed E-state index contributed by atoms with van der Waals surface area (Å²) in [5.74, 6) is 3.31. The second-order valence-corrected chi connectivity index (χ2v) is 7.68. The number of carbonyl (C=O) groups excluding carboxylic acids is 1. The Morgan fingerprint density at radius 1 is 1.22 bits per heavy atom. The monoisotopic (exact) mass is 372 g/mol. The van der Waals surface area contributed by atoms with Gasteiger partial charge in [-0.1, -0.05) is 0 Å². The van der Waals surface area contributed by atoms with Crippen molar-refractivity contribution in [3.8, 4) is 11.4 Å². The molecule has 1 saturated heterocycles. The van der Waals surface area contributed by atoms with Crippen molar-refractivity contribution >= 4 is 5.78 Å². The van der Waals surface area contributed by atoms with Gasteiger partial charge in [0, 0.05) is 26.4 Å². The maximum Gasteiger partial charge on any atom is 0.167 e. The fourth-order valence-corrected chi connectivity index (χ4v) is 4.21. The summed E-state index contributed by atoms with van der Waals surface area (Å²) in [6.07, 6.45) is 4.99. The molecule has 1 aliphatic carbocycles. The summed E-state index contributed by atoms with van der Waals surface area (Å²) in [6.45, 7) is 4.60. The van der Waals surface area contributed by atoms with Crippen LogP contribution >= 0.6 is 0 Å². The number of nitrogens with zero attached hydrogens (tertiary/aromatic N) is 4. The van der Waals surface area contributed by atoms with E-state index in [1.54, 1.807) is 7.11 Å². The minimum Gasteiger partial charge on any atom is -0.465 e. The Morgan fingerprint density at radius 2 is 2.00 bits per heavy atom. The SMILES string of the molecule is COCCc1nc(-c2c(C)oc3c2C(=O)CCC3)n(C2CCN(C)CC2)n1. The molecule has 27 heavy (non-hydrogen) atoms. The van der Waals surface area contributed by atoms with Gasteiger partial charge >= 0.3 is 0 Å². The van der Waals surface area contributed by atoms with Crippen LogP contribution in [-0.4, -0.2) is 59.3 Å². The average molecular weight is 372 g/mol. The van der Waals surface area contributed by atoms with E-state index in [1.165, 1.54) is 0 Å². The normalized spacial score (nSPS) is 18.9. The Balaban J connectivity index is 1.79. The van der Waals surface area contributed by atoms with Crippen molar-refractivity contribution in [2.45, 2.75) is 51.5 Å². The Hall–Kier alpha value is -1.99. The van der Waals surface area contributed by atoms with Crippen LogP contribution in [0.3, 0.4) is 0 Å². The summed E-state index contributed by atoms with van der Waals surface area (Å²) in [7, 11) is 3.84. The first-order valence-corrected chi connectivity index (χ1v) is 9.87. The highest BCUT2D eigenvalue weighted by Gasteiger charge is 2.32. The third-order valence-electron chi connectivity index (χ3n) is 5.71. The van der Waals surface area contributed by atoms with E-state index in [-0.39, 0.29) is 5.78 Å². The highest BCUT2D eigenvalue weighted by atomic mass is 16.5. The maximum atomic E-state index is 12.7. The van der Waals surface area contributed by atoms with Gasteiger partial charge in [-0.3, -0.25) is 4.79 Å². The number of likely N-dealkylation sites (tertiary alicyclic amines) is 1. The van der Waals surface area contributed by atoms with Crippen molar-refractivity contribution in [3.63, 3.8) is 0 Å². The molecule has 146 valence electrons. The minimum atomic E-state index is 0.166. The second kappa shape index (κ2) is 7.56. The molecule has 4 rings (SSSR count). The molecule has 2 aliphatic rings. The number of rotatable bonds is 5. The van der Waals surface area contributed by atoms with Crippen LogP contribution in [0.2, 0.25) is 0 Å². The van der Waals surface area contributed by atoms with Crippen LogP contribution in [0.25, 0.3) is 11.4 Å². The number of ether oxygens (including phenoxy) is 1. The van der Waals surface area contributed by atoms with Crippen molar-refractivity contribution in [3.05, 3.63) is 22.9 Å². The van der Waals surface area contributed by atoms with Gasteiger partial charge in [0.15, 0.2) is 17.4 Å². The van der Waals surface area contributed by atoms with Crippen molar-refractivity contribution in [1.29, 1.82) is 0 Å². The Morgan fingerprint density at radius 3 is 2.74 bits per heavy atom. The van der Waals surface area contributed by atoms with Crippen LogP contribution in [0.4, 0.5) is 0 Å². The molecular formula is C20H28N4O3. The third-order valence-corrected chi connectivity index (χ3v) is 5.71. The Bertz CT molecular complexity index is 831. The molecule has 7 heteroatoms. The van der Waals surface area contributed by atoms with Gasteiger partial charge in [0.2, 0.25) is 0 Å². The lowest BCUT2D eigenvalue weighted by atomic mass is 9.93. The van der Waals surface area contributed by atoms with Gasteiger partial charge < -0.3 is 14.1 Å². The first-order chi connectivity index (χ1) is 13.1. The lowest BCUT2D eigenvalue weighted by molar-refractivity contribution is 0.0970. The number of hydrogen-bond donors (Lipinski definition) is 0. The van der Waals surface area contributed by atoms with E-state index in [1.807, 2.05) is 6.92 Å². The fraction of sp³-hybridized carbons (Fsp3) is 0.650. The Kier molecular flexibility index (Phi) is 5.14.